The molecule has 4 nitrogen and oxygen atoms in total. The molecule has 2 aromatic rings. The van der Waals surface area contributed by atoms with Gasteiger partial charge < -0.3 is 14.4 Å². The van der Waals surface area contributed by atoms with Gasteiger partial charge in [-0.25, -0.2) is 4.79 Å². The Balaban J connectivity index is 2.25. The van der Waals surface area contributed by atoms with Crippen molar-refractivity contribution in [3.63, 3.8) is 0 Å². The van der Waals surface area contributed by atoms with E-state index in [4.69, 9.17) is 9.47 Å². The Morgan fingerprint density at radius 3 is 1.85 bits per heavy atom. The summed E-state index contributed by atoms with van der Waals surface area (Å²) in [7, 11) is 0. The van der Waals surface area contributed by atoms with Crippen LogP contribution in [0.15, 0.2) is 60.7 Å². The second-order valence-corrected chi connectivity index (χ2v) is 6.54. The van der Waals surface area contributed by atoms with Crippen LogP contribution in [0.3, 0.4) is 0 Å². The van der Waals surface area contributed by atoms with E-state index in [-0.39, 0.29) is 5.97 Å². The molecule has 0 heterocycles. The molecule has 0 saturated carbocycles. The first-order valence-corrected chi connectivity index (χ1v) is 9.94. The number of hydrogen-bond donors (Lipinski definition) is 1. The highest BCUT2D eigenvalue weighted by molar-refractivity contribution is 5.85. The molecule has 0 aliphatic carbocycles. The summed E-state index contributed by atoms with van der Waals surface area (Å²) in [6, 6.07) is 19.2. The summed E-state index contributed by atoms with van der Waals surface area (Å²) >= 11 is 0. The molecule has 0 aliphatic heterocycles. The molecule has 0 radical (unpaired) electrons. The van der Waals surface area contributed by atoms with Crippen molar-refractivity contribution in [3.8, 4) is 0 Å². The van der Waals surface area contributed by atoms with Crippen molar-refractivity contribution in [1.29, 1.82) is 0 Å². The van der Waals surface area contributed by atoms with Crippen molar-refractivity contribution in [3.05, 3.63) is 71.8 Å². The topological polar surface area (TPSA) is 40.0 Å². The lowest BCUT2D eigenvalue weighted by molar-refractivity contribution is -0.896. The molecule has 0 fully saturated rings. The molecular formula is C23H32NO3+. The summed E-state index contributed by atoms with van der Waals surface area (Å²) in [5, 5.41) is 0. The average molecular weight is 371 g/mol. The van der Waals surface area contributed by atoms with Crippen molar-refractivity contribution in [2.45, 2.75) is 32.8 Å². The third-order valence-electron chi connectivity index (χ3n) is 4.92. The number of hydrogen-bond acceptors (Lipinski definition) is 3. The van der Waals surface area contributed by atoms with Crippen LogP contribution in [-0.2, 0) is 19.9 Å². The van der Waals surface area contributed by atoms with Gasteiger partial charge in [-0.1, -0.05) is 60.7 Å². The van der Waals surface area contributed by atoms with Gasteiger partial charge in [0.2, 0.25) is 5.60 Å². The van der Waals surface area contributed by atoms with Gasteiger partial charge in [0, 0.05) is 13.0 Å². The Labute approximate surface area is 163 Å². The van der Waals surface area contributed by atoms with Crippen LogP contribution in [0.4, 0.5) is 0 Å². The van der Waals surface area contributed by atoms with Crippen molar-refractivity contribution >= 4 is 5.97 Å². The molecule has 146 valence electrons. The molecule has 2 aromatic carbocycles. The zero-order valence-electron chi connectivity index (χ0n) is 16.7. The van der Waals surface area contributed by atoms with E-state index in [2.05, 4.69) is 13.8 Å². The minimum atomic E-state index is -1.24. The molecule has 4 heteroatoms. The number of rotatable bonds is 11. The molecule has 0 aliphatic rings. The van der Waals surface area contributed by atoms with Crippen LogP contribution in [0, 0.1) is 0 Å². The van der Waals surface area contributed by atoms with E-state index in [1.165, 1.54) is 4.90 Å². The van der Waals surface area contributed by atoms with E-state index in [1.807, 2.05) is 67.6 Å². The zero-order valence-corrected chi connectivity index (χ0v) is 16.7. The maximum absolute atomic E-state index is 13.3. The van der Waals surface area contributed by atoms with Crippen LogP contribution in [0.1, 0.15) is 38.3 Å². The maximum atomic E-state index is 13.3. The number of ether oxygens (including phenoxy) is 2. The molecule has 0 saturated heterocycles. The smallest absolute Gasteiger partial charge is 0.347 e. The first-order chi connectivity index (χ1) is 13.2. The summed E-state index contributed by atoms with van der Waals surface area (Å²) in [4.78, 5) is 14.8. The molecule has 0 atom stereocenters. The molecule has 0 aromatic heterocycles. The molecule has 0 unspecified atom stereocenters. The number of nitrogens with one attached hydrogen (secondary N) is 1. The van der Waals surface area contributed by atoms with E-state index in [1.54, 1.807) is 0 Å². The van der Waals surface area contributed by atoms with Crippen LogP contribution in [-0.4, -0.2) is 38.8 Å². The second kappa shape index (κ2) is 10.9. The molecule has 0 spiro atoms. The van der Waals surface area contributed by atoms with E-state index < -0.39 is 5.60 Å². The van der Waals surface area contributed by atoms with E-state index in [0.29, 0.717) is 13.2 Å². The summed E-state index contributed by atoms with van der Waals surface area (Å²) in [6.07, 6.45) is 0.842. The first-order valence-electron chi connectivity index (χ1n) is 9.94. The van der Waals surface area contributed by atoms with Gasteiger partial charge in [0.25, 0.3) is 0 Å². The van der Waals surface area contributed by atoms with E-state index in [0.717, 1.165) is 37.2 Å². The fourth-order valence-electron chi connectivity index (χ4n) is 3.38. The summed E-state index contributed by atoms with van der Waals surface area (Å²) < 4.78 is 11.8. The lowest BCUT2D eigenvalue weighted by atomic mass is 9.86. The third-order valence-corrected chi connectivity index (χ3v) is 4.92. The monoisotopic (exact) mass is 370 g/mol. The summed E-state index contributed by atoms with van der Waals surface area (Å²) in [6.45, 7) is 10.2. The van der Waals surface area contributed by atoms with Gasteiger partial charge in [0.1, 0.15) is 0 Å². The van der Waals surface area contributed by atoms with Gasteiger partial charge in [0.05, 0.1) is 26.2 Å². The lowest BCUT2D eigenvalue weighted by Gasteiger charge is -2.32. The first kappa shape index (κ1) is 21.1. The van der Waals surface area contributed by atoms with Crippen LogP contribution in [0.25, 0.3) is 0 Å². The Bertz CT molecular complexity index is 629. The Morgan fingerprint density at radius 1 is 0.889 bits per heavy atom. The lowest BCUT2D eigenvalue weighted by Crippen LogP contribution is -3.11. The second-order valence-electron chi connectivity index (χ2n) is 6.54. The van der Waals surface area contributed by atoms with Gasteiger partial charge >= 0.3 is 5.97 Å². The SMILES string of the molecule is CCOC(C(=O)OCCC[NH+](CC)CC)(c1ccccc1)c1ccccc1. The van der Waals surface area contributed by atoms with Crippen LogP contribution < -0.4 is 4.90 Å². The van der Waals surface area contributed by atoms with Crippen LogP contribution in [0.2, 0.25) is 0 Å². The van der Waals surface area contributed by atoms with Crippen LogP contribution in [0.5, 0.6) is 0 Å². The molecule has 27 heavy (non-hydrogen) atoms. The Kier molecular flexibility index (Phi) is 8.49. The number of carbonyl (C=O) groups excluding carboxylic acids is 1. The van der Waals surface area contributed by atoms with Gasteiger partial charge in [-0.2, -0.15) is 0 Å². The van der Waals surface area contributed by atoms with Gasteiger partial charge in [-0.3, -0.25) is 0 Å². The average Bonchev–Trinajstić information content (AvgIpc) is 2.73. The summed E-state index contributed by atoms with van der Waals surface area (Å²) in [5.74, 6) is -0.351. The quantitative estimate of drug-likeness (QED) is 0.488. The number of quaternary nitrogens is 1. The molecular weight excluding hydrogens is 338 g/mol. The summed E-state index contributed by atoms with van der Waals surface area (Å²) in [5.41, 5.74) is 0.342. The van der Waals surface area contributed by atoms with Crippen molar-refractivity contribution in [2.24, 2.45) is 0 Å². The normalized spacial score (nSPS) is 11.6. The van der Waals surface area contributed by atoms with Gasteiger partial charge in [-0.15, -0.1) is 0 Å². The predicted molar refractivity (Wildman–Crippen MR) is 108 cm³/mol. The van der Waals surface area contributed by atoms with Gasteiger partial charge in [0.15, 0.2) is 0 Å². The van der Waals surface area contributed by atoms with E-state index in [9.17, 15) is 4.79 Å². The minimum absolute atomic E-state index is 0.351. The molecule has 2 rings (SSSR count). The van der Waals surface area contributed by atoms with Crippen molar-refractivity contribution in [2.75, 3.05) is 32.8 Å². The Morgan fingerprint density at radius 2 is 1.41 bits per heavy atom. The zero-order chi connectivity index (χ0) is 19.5. The minimum Gasteiger partial charge on any atom is -0.463 e. The third kappa shape index (κ3) is 5.18. The Hall–Kier alpha value is -2.17. The largest absolute Gasteiger partial charge is 0.463 e. The number of benzene rings is 2. The highest BCUT2D eigenvalue weighted by Crippen LogP contribution is 2.35. The molecule has 0 amide bonds. The number of carbonyl (C=O) groups is 1. The molecule has 0 bridgehead atoms. The maximum Gasteiger partial charge on any atom is 0.347 e. The van der Waals surface area contributed by atoms with Gasteiger partial charge in [-0.05, 0) is 31.9 Å². The standard InChI is InChI=1S/C23H31NO3/c1-4-24(5-2)18-13-19-26-22(25)23(27-6-3,20-14-9-7-10-15-20)21-16-11-8-12-17-21/h7-12,14-17H,4-6,13,18-19H2,1-3H3/p+1. The van der Waals surface area contributed by atoms with Crippen molar-refractivity contribution in [1.82, 2.24) is 0 Å². The fourth-order valence-corrected chi connectivity index (χ4v) is 3.38. The highest BCUT2D eigenvalue weighted by atomic mass is 16.6. The van der Waals surface area contributed by atoms with Crippen LogP contribution >= 0.6 is 0 Å². The molecule has 1 N–H and O–H groups in total. The van der Waals surface area contributed by atoms with E-state index >= 15 is 0 Å². The number of esters is 1. The fraction of sp³-hybridized carbons (Fsp3) is 0.435. The predicted octanol–water partition coefficient (Wildman–Crippen LogP) is 2.82. The highest BCUT2D eigenvalue weighted by Gasteiger charge is 2.44. The van der Waals surface area contributed by atoms with Crippen molar-refractivity contribution < 1.29 is 19.2 Å².